The van der Waals surface area contributed by atoms with Gasteiger partial charge in [0.05, 0.1) is 41.6 Å². The largest absolute Gasteiger partial charge is 0.466 e. The molecule has 0 aromatic carbocycles. The van der Waals surface area contributed by atoms with Crippen LogP contribution in [0.15, 0.2) is 86.1 Å². The summed E-state index contributed by atoms with van der Waals surface area (Å²) in [6, 6.07) is 1.69. The van der Waals surface area contributed by atoms with Crippen LogP contribution >= 0.6 is 0 Å². The second kappa shape index (κ2) is 45.1. The van der Waals surface area contributed by atoms with Crippen molar-refractivity contribution >= 4 is 65.3 Å². The molecular weight excluding hydrogens is 722 g/mol. The van der Waals surface area contributed by atoms with Crippen molar-refractivity contribution in [2.45, 2.75) is 13.8 Å². The molecule has 0 bridgehead atoms. The van der Waals surface area contributed by atoms with Crippen molar-refractivity contribution in [1.29, 1.82) is 5.26 Å². The van der Waals surface area contributed by atoms with E-state index in [1.807, 2.05) is 11.8 Å². The molecule has 0 N–H and O–H groups in total. The SMILES string of the molecule is C/C=C/C(=O)OC.C=CC#N.C=CC(C)=O.COC(=O)/C=C\C(=O)OC.COC(=O)C#CC(=O)OC.O=C1C=CC(=O)C=C1.O=C1C=CC(=O)O1.O=C=O. The lowest BCUT2D eigenvalue weighted by atomic mass is 10.2. The first-order valence-corrected chi connectivity index (χ1v) is 13.6. The molecule has 0 atom stereocenters. The van der Waals surface area contributed by atoms with Crippen LogP contribution in [0.3, 0.4) is 0 Å². The van der Waals surface area contributed by atoms with Crippen LogP contribution in [0.1, 0.15) is 13.8 Å². The van der Waals surface area contributed by atoms with Gasteiger partial charge in [0.1, 0.15) is 0 Å². The molecule has 2 aliphatic rings. The average molecular weight is 760 g/mol. The number of ketones is 3. The monoisotopic (exact) mass is 759 g/mol. The Morgan fingerprint density at radius 3 is 1.06 bits per heavy atom. The van der Waals surface area contributed by atoms with E-state index in [1.165, 1.54) is 85.0 Å². The van der Waals surface area contributed by atoms with Crippen LogP contribution in [0, 0.1) is 23.2 Å². The molecule has 0 aromatic rings. The van der Waals surface area contributed by atoms with Crippen molar-refractivity contribution in [3.8, 4) is 17.9 Å². The van der Waals surface area contributed by atoms with Gasteiger partial charge in [0.15, 0.2) is 17.3 Å². The van der Waals surface area contributed by atoms with Gasteiger partial charge in [0, 0.05) is 48.3 Å². The van der Waals surface area contributed by atoms with Gasteiger partial charge in [0.2, 0.25) is 0 Å². The Morgan fingerprint density at radius 1 is 0.630 bits per heavy atom. The van der Waals surface area contributed by atoms with Gasteiger partial charge >= 0.3 is 47.9 Å². The Hall–Kier alpha value is -7.89. The Labute approximate surface area is 309 Å². The van der Waals surface area contributed by atoms with Crippen molar-refractivity contribution in [1.82, 2.24) is 0 Å². The summed E-state index contributed by atoms with van der Waals surface area (Å²) >= 11 is 0. The van der Waals surface area contributed by atoms with Crippen LogP contribution in [0.4, 0.5) is 0 Å². The highest BCUT2D eigenvalue weighted by molar-refractivity contribution is 6.14. The Kier molecular flexibility index (Phi) is 48.7. The molecule has 0 radical (unpaired) electrons. The Balaban J connectivity index is -0.000000125. The molecule has 2 rings (SSSR count). The van der Waals surface area contributed by atoms with E-state index < -0.39 is 35.8 Å². The summed E-state index contributed by atoms with van der Waals surface area (Å²) in [5.74, 6) is -0.563. The summed E-state index contributed by atoms with van der Waals surface area (Å²) in [6.07, 6.45) is 14.9. The fourth-order valence-electron chi connectivity index (χ4n) is 1.42. The zero-order valence-electron chi connectivity index (χ0n) is 30.1. The predicted molar refractivity (Wildman–Crippen MR) is 182 cm³/mol. The number of nitrogens with zero attached hydrogens (tertiary/aromatic N) is 1. The van der Waals surface area contributed by atoms with Crippen LogP contribution in [-0.4, -0.2) is 101 Å². The van der Waals surface area contributed by atoms with Gasteiger partial charge in [-0.05, 0) is 44.2 Å². The van der Waals surface area contributed by atoms with E-state index in [9.17, 15) is 47.9 Å². The molecule has 0 amide bonds. The highest BCUT2D eigenvalue weighted by Crippen LogP contribution is 1.92. The number of hydrogen-bond acceptors (Lipinski definition) is 19. The summed E-state index contributed by atoms with van der Waals surface area (Å²) in [7, 11) is 6.15. The smallest absolute Gasteiger partial charge is 0.384 e. The van der Waals surface area contributed by atoms with Crippen LogP contribution in [0.25, 0.3) is 0 Å². The molecule has 19 heteroatoms. The first-order valence-electron chi connectivity index (χ1n) is 13.6. The van der Waals surface area contributed by atoms with E-state index in [1.54, 1.807) is 19.1 Å². The number of nitriles is 1. The first-order chi connectivity index (χ1) is 25.4. The summed E-state index contributed by atoms with van der Waals surface area (Å²) in [6.45, 7) is 9.55. The quantitative estimate of drug-likeness (QED) is 0.0557. The van der Waals surface area contributed by atoms with Crippen molar-refractivity contribution < 1.29 is 86.0 Å². The average Bonchev–Trinajstić information content (AvgIpc) is 3.56. The summed E-state index contributed by atoms with van der Waals surface area (Å²) < 4.78 is 24.9. The third kappa shape index (κ3) is 59.5. The van der Waals surface area contributed by atoms with Crippen LogP contribution in [-0.2, 0) is 86.0 Å². The zero-order chi connectivity index (χ0) is 43.3. The zero-order valence-corrected chi connectivity index (χ0v) is 30.1. The molecule has 1 aliphatic carbocycles. The van der Waals surface area contributed by atoms with Crippen molar-refractivity contribution in [3.63, 3.8) is 0 Å². The van der Waals surface area contributed by atoms with Gasteiger partial charge in [-0.15, -0.1) is 0 Å². The highest BCUT2D eigenvalue weighted by atomic mass is 16.6. The predicted octanol–water partition coefficient (Wildman–Crippen LogP) is 0.710. The second-order valence-corrected chi connectivity index (χ2v) is 7.41. The van der Waals surface area contributed by atoms with Gasteiger partial charge < -0.3 is 28.4 Å². The van der Waals surface area contributed by atoms with E-state index >= 15 is 0 Å². The molecule has 0 aromatic heterocycles. The number of cyclic esters (lactones) is 2. The number of carbonyl (C=O) groups excluding carboxylic acids is 12. The molecule has 54 heavy (non-hydrogen) atoms. The number of ether oxygens (including phenoxy) is 6. The lowest BCUT2D eigenvalue weighted by Gasteiger charge is -1.89. The molecule has 19 nitrogen and oxygen atoms in total. The third-order valence-electron chi connectivity index (χ3n) is 3.66. The van der Waals surface area contributed by atoms with Crippen LogP contribution in [0.2, 0.25) is 0 Å². The van der Waals surface area contributed by atoms with E-state index in [4.69, 9.17) is 14.9 Å². The van der Waals surface area contributed by atoms with Crippen molar-refractivity contribution in [2.75, 3.05) is 35.5 Å². The molecule has 0 spiro atoms. The summed E-state index contributed by atoms with van der Waals surface area (Å²) in [5, 5.41) is 7.51. The molecule has 290 valence electrons. The summed E-state index contributed by atoms with van der Waals surface area (Å²) in [5.41, 5.74) is 0. The van der Waals surface area contributed by atoms with E-state index in [2.05, 4.69) is 41.6 Å². The fourth-order valence-corrected chi connectivity index (χ4v) is 1.42. The minimum atomic E-state index is -0.759. The van der Waals surface area contributed by atoms with Crippen molar-refractivity contribution in [3.05, 3.63) is 86.1 Å². The van der Waals surface area contributed by atoms with Crippen LogP contribution in [0.5, 0.6) is 0 Å². The Bertz CT molecular complexity index is 1490. The standard InChI is InChI=1S/C6H8O4.C6H6O4.C6H4O2.C5H8O2.C4H2O3.C4H6O.C3H3N.CO2/c2*1-9-5(7)3-4-6(8)10-2;7-5-1-2-6(8)4-3-5;1-3-4-5(6)7-2;5-3-1-2-4(6)7-3;1-3-4(2)5;1-2-3-4;2-1-3/h3-4H,1-2H3;1-2H3;1-4H;3-4H,1-2H3;1-2H;3H,1H2,2H3;2H,1H2;/b4-3-;;;4-3+;;;;. The number of esters is 7. The minimum Gasteiger partial charge on any atom is -0.466 e. The first kappa shape index (κ1) is 58.3. The molecule has 0 unspecified atom stereocenters. The number of allylic oxidation sites excluding steroid dienone is 7. The maximum absolute atomic E-state index is 10.3. The highest BCUT2D eigenvalue weighted by Gasteiger charge is 2.10. The summed E-state index contributed by atoms with van der Waals surface area (Å²) in [4.78, 5) is 118. The topological polar surface area (TPSA) is 284 Å². The third-order valence-corrected chi connectivity index (χ3v) is 3.66. The molecule has 1 aliphatic heterocycles. The Morgan fingerprint density at radius 2 is 0.907 bits per heavy atom. The lowest BCUT2D eigenvalue weighted by molar-refractivity contribution is -0.192. The fraction of sp³-hybridized carbons (Fsp3) is 0.200. The van der Waals surface area contributed by atoms with Gasteiger partial charge in [-0.3, -0.25) is 14.4 Å². The lowest BCUT2D eigenvalue weighted by Crippen LogP contribution is -1.99. The van der Waals surface area contributed by atoms with Gasteiger partial charge in [-0.2, -0.15) is 14.9 Å². The molecule has 0 saturated heterocycles. The minimum absolute atomic E-state index is 0.0185. The van der Waals surface area contributed by atoms with Crippen LogP contribution < -0.4 is 0 Å². The second-order valence-electron chi connectivity index (χ2n) is 7.41. The molecule has 1 heterocycles. The maximum Gasteiger partial charge on any atom is 0.384 e. The van der Waals surface area contributed by atoms with Crippen molar-refractivity contribution in [2.24, 2.45) is 0 Å². The maximum atomic E-state index is 10.3. The normalized spacial score (nSPS) is 10.2. The number of methoxy groups -OCH3 is 5. The molecular formula is C35H37NO18. The molecule has 0 saturated carbocycles. The van der Waals surface area contributed by atoms with Gasteiger partial charge in [-0.25, -0.2) is 33.6 Å². The van der Waals surface area contributed by atoms with Gasteiger partial charge in [-0.1, -0.05) is 19.2 Å². The number of rotatable bonds is 4. The van der Waals surface area contributed by atoms with E-state index in [-0.39, 0.29) is 29.5 Å². The number of hydrogen-bond donors (Lipinski definition) is 0. The number of carbonyl (C=O) groups is 10. The van der Waals surface area contributed by atoms with E-state index in [0.29, 0.717) is 0 Å². The van der Waals surface area contributed by atoms with Gasteiger partial charge in [0.25, 0.3) is 0 Å². The molecule has 0 fully saturated rings. The van der Waals surface area contributed by atoms with E-state index in [0.717, 1.165) is 24.3 Å².